The van der Waals surface area contributed by atoms with Gasteiger partial charge in [0.2, 0.25) is 0 Å². The smallest absolute Gasteiger partial charge is 0.542 e. The van der Waals surface area contributed by atoms with Crippen LogP contribution in [0.4, 0.5) is 0 Å². The van der Waals surface area contributed by atoms with Crippen molar-refractivity contribution < 1.29 is 44.1 Å². The van der Waals surface area contributed by atoms with Crippen LogP contribution >= 0.6 is 0 Å². The van der Waals surface area contributed by atoms with Gasteiger partial charge in [-0.05, 0) is 57.8 Å². The summed E-state index contributed by atoms with van der Waals surface area (Å²) in [5.41, 5.74) is -2.09. The molecule has 0 heterocycles. The Hall–Kier alpha value is -2.05. The summed E-state index contributed by atoms with van der Waals surface area (Å²) in [6.07, 6.45) is 5.06. The van der Waals surface area contributed by atoms with Gasteiger partial charge in [-0.3, -0.25) is 14.4 Å². The van der Waals surface area contributed by atoms with E-state index < -0.39 is 51.5 Å². The van der Waals surface area contributed by atoms with Crippen LogP contribution in [-0.4, -0.2) is 52.6 Å². The molecule has 0 radical (unpaired) electrons. The minimum Gasteiger partial charge on any atom is -0.542 e. The number of aliphatic carboxylic acids is 3. The van der Waals surface area contributed by atoms with E-state index in [1.54, 1.807) is 0 Å². The van der Waals surface area contributed by atoms with Gasteiger partial charge in [-0.25, -0.2) is 0 Å². The standard InChI is InChI=1S/3C9H16O3.Al/c3*1-4-9(5-2,6-3)7(10)8(11)12;/h3*4-6H2,1-3H3,(H,11,12);/q;;;+3/p-3. The topological polar surface area (TPSA) is 172 Å². The molecule has 0 rings (SSSR count). The Bertz CT molecular complexity index is 622. The first kappa shape index (κ1) is 42.1. The minimum absolute atomic E-state index is 0. The molecule has 37 heavy (non-hydrogen) atoms. The van der Waals surface area contributed by atoms with E-state index in [4.69, 9.17) is 0 Å². The van der Waals surface area contributed by atoms with E-state index >= 15 is 0 Å². The van der Waals surface area contributed by atoms with Crippen LogP contribution in [0.25, 0.3) is 0 Å². The summed E-state index contributed by atoms with van der Waals surface area (Å²) in [5, 5.41) is 31.1. The number of ketones is 3. The second-order valence-electron chi connectivity index (χ2n) is 8.87. The third-order valence-corrected chi connectivity index (χ3v) is 8.09. The van der Waals surface area contributed by atoms with Gasteiger partial charge in [0, 0.05) is 16.2 Å². The van der Waals surface area contributed by atoms with Crippen LogP contribution in [-0.2, 0) is 28.8 Å². The number of rotatable bonds is 15. The van der Waals surface area contributed by atoms with E-state index in [1.807, 2.05) is 62.3 Å². The molecule has 0 unspecified atom stereocenters. The molecule has 0 fully saturated rings. The maximum atomic E-state index is 11.2. The van der Waals surface area contributed by atoms with Crippen LogP contribution in [0.5, 0.6) is 0 Å². The molecule has 0 saturated heterocycles. The quantitative estimate of drug-likeness (QED) is 0.218. The Morgan fingerprint density at radius 3 is 0.514 bits per heavy atom. The van der Waals surface area contributed by atoms with Crippen molar-refractivity contribution in [2.45, 2.75) is 120 Å². The fourth-order valence-corrected chi connectivity index (χ4v) is 4.34. The Morgan fingerprint density at radius 1 is 0.378 bits per heavy atom. The van der Waals surface area contributed by atoms with E-state index in [0.29, 0.717) is 57.8 Å². The number of hydrogen-bond acceptors (Lipinski definition) is 9. The van der Waals surface area contributed by atoms with E-state index in [1.165, 1.54) is 0 Å². The summed E-state index contributed by atoms with van der Waals surface area (Å²) in [6.45, 7) is 16.4. The summed E-state index contributed by atoms with van der Waals surface area (Å²) in [5.74, 6) is -6.93. The fourth-order valence-electron chi connectivity index (χ4n) is 4.34. The van der Waals surface area contributed by atoms with Crippen LogP contribution in [0.1, 0.15) is 120 Å². The third kappa shape index (κ3) is 11.5. The Labute approximate surface area is 232 Å². The Balaban J connectivity index is -0.000000218. The normalized spacial score (nSPS) is 10.9. The molecule has 0 saturated carbocycles. The molecule has 0 aromatic carbocycles. The molecule has 0 aromatic heterocycles. The largest absolute Gasteiger partial charge is 3.00 e. The average Bonchev–Trinajstić information content (AvgIpc) is 2.88. The number of hydrogen-bond donors (Lipinski definition) is 0. The summed E-state index contributed by atoms with van der Waals surface area (Å²) in [7, 11) is 0. The van der Waals surface area contributed by atoms with Crippen molar-refractivity contribution in [2.24, 2.45) is 16.2 Å². The van der Waals surface area contributed by atoms with Gasteiger partial charge >= 0.3 is 17.4 Å². The maximum Gasteiger partial charge on any atom is 3.00 e. The van der Waals surface area contributed by atoms with Crippen molar-refractivity contribution in [3.8, 4) is 0 Å². The number of carbonyl (C=O) groups excluding carboxylic acids is 6. The summed E-state index contributed by atoms with van der Waals surface area (Å²) in [6, 6.07) is 0. The van der Waals surface area contributed by atoms with Crippen molar-refractivity contribution in [1.29, 1.82) is 0 Å². The molecule has 0 aromatic rings. The van der Waals surface area contributed by atoms with Gasteiger partial charge in [0.25, 0.3) is 0 Å². The van der Waals surface area contributed by atoms with Gasteiger partial charge in [0.05, 0.1) is 0 Å². The van der Waals surface area contributed by atoms with Gasteiger partial charge in [-0.15, -0.1) is 0 Å². The predicted octanol–water partition coefficient (Wildman–Crippen LogP) is 1.18. The molecule has 210 valence electrons. The molecule has 0 amide bonds. The molecule has 0 aliphatic carbocycles. The van der Waals surface area contributed by atoms with Gasteiger partial charge in [-0.1, -0.05) is 62.3 Å². The summed E-state index contributed by atoms with van der Waals surface area (Å²) in [4.78, 5) is 64.7. The molecule has 0 N–H and O–H groups in total. The number of carboxylic acids is 3. The molecule has 0 bridgehead atoms. The van der Waals surface area contributed by atoms with Crippen molar-refractivity contribution >= 4 is 52.6 Å². The van der Waals surface area contributed by atoms with Gasteiger partial charge in [0.1, 0.15) is 17.9 Å². The minimum atomic E-state index is -1.56. The number of Topliss-reactive ketones (excluding diaryl/α,β-unsaturated/α-hetero) is 3. The summed E-state index contributed by atoms with van der Waals surface area (Å²) >= 11 is 0. The molecule has 0 spiro atoms. The van der Waals surface area contributed by atoms with E-state index in [9.17, 15) is 44.1 Å². The van der Waals surface area contributed by atoms with Gasteiger partial charge < -0.3 is 29.7 Å². The van der Waals surface area contributed by atoms with Gasteiger partial charge in [-0.2, -0.15) is 0 Å². The van der Waals surface area contributed by atoms with Crippen molar-refractivity contribution in [2.75, 3.05) is 0 Å². The first-order valence-electron chi connectivity index (χ1n) is 12.9. The molecule has 9 nitrogen and oxygen atoms in total. The Kier molecular flexibility index (Phi) is 22.7. The summed E-state index contributed by atoms with van der Waals surface area (Å²) < 4.78 is 0. The second-order valence-corrected chi connectivity index (χ2v) is 8.87. The van der Waals surface area contributed by atoms with E-state index in [-0.39, 0.29) is 17.4 Å². The molecule has 0 aliphatic rings. The molecule has 0 atom stereocenters. The third-order valence-electron chi connectivity index (χ3n) is 8.09. The zero-order chi connectivity index (χ0) is 29.3. The van der Waals surface area contributed by atoms with Crippen LogP contribution in [0, 0.1) is 16.2 Å². The fraction of sp³-hybridized carbons (Fsp3) is 0.778. The first-order valence-corrected chi connectivity index (χ1v) is 12.9. The zero-order valence-corrected chi connectivity index (χ0v) is 25.3. The average molecular weight is 541 g/mol. The second kappa shape index (κ2) is 20.0. The van der Waals surface area contributed by atoms with Crippen LogP contribution in [0.3, 0.4) is 0 Å². The van der Waals surface area contributed by atoms with Crippen LogP contribution in [0.15, 0.2) is 0 Å². The Morgan fingerprint density at radius 2 is 0.486 bits per heavy atom. The predicted molar refractivity (Wildman–Crippen MR) is 136 cm³/mol. The zero-order valence-electron chi connectivity index (χ0n) is 24.1. The van der Waals surface area contributed by atoms with E-state index in [2.05, 4.69) is 0 Å². The first-order chi connectivity index (χ1) is 16.6. The SMILES string of the molecule is CCC(CC)(CC)C(=O)C(=O)[O-].CCC(CC)(CC)C(=O)C(=O)[O-].CCC(CC)(CC)C(=O)C(=O)[O-].[Al+3]. The molecular weight excluding hydrogens is 495 g/mol. The maximum absolute atomic E-state index is 11.2. The molecule has 0 aliphatic heterocycles. The van der Waals surface area contributed by atoms with Crippen molar-refractivity contribution in [3.05, 3.63) is 0 Å². The number of carbonyl (C=O) groups is 6. The monoisotopic (exact) mass is 540 g/mol. The van der Waals surface area contributed by atoms with E-state index in [0.717, 1.165) is 0 Å². The van der Waals surface area contributed by atoms with Crippen LogP contribution < -0.4 is 15.3 Å². The van der Waals surface area contributed by atoms with Gasteiger partial charge in [0.15, 0.2) is 17.3 Å². The van der Waals surface area contributed by atoms with Crippen molar-refractivity contribution in [1.82, 2.24) is 0 Å². The molecular formula is C27H45AlO9. The molecule has 10 heteroatoms. The number of carboxylic acid groups (broad SMARTS) is 3. The van der Waals surface area contributed by atoms with Crippen molar-refractivity contribution in [3.63, 3.8) is 0 Å². The van der Waals surface area contributed by atoms with Crippen LogP contribution in [0.2, 0.25) is 0 Å².